The molecule has 0 aliphatic rings. The number of carbonyl (C=O) groups is 1. The highest BCUT2D eigenvalue weighted by molar-refractivity contribution is 7.29. The van der Waals surface area contributed by atoms with E-state index in [0.29, 0.717) is 0 Å². The second kappa shape index (κ2) is 19.1. The van der Waals surface area contributed by atoms with Gasteiger partial charge in [0.25, 0.3) is 0 Å². The fourth-order valence-corrected chi connectivity index (χ4v) is 9.11. The summed E-state index contributed by atoms with van der Waals surface area (Å²) in [6.07, 6.45) is 15.4. The van der Waals surface area contributed by atoms with Crippen molar-refractivity contribution in [3.63, 3.8) is 0 Å². The zero-order valence-corrected chi connectivity index (χ0v) is 32.8. The number of aryl methyl sites for hydroxylation is 1. The molecule has 0 spiro atoms. The van der Waals surface area contributed by atoms with Crippen LogP contribution in [0.2, 0.25) is 0 Å². The van der Waals surface area contributed by atoms with Gasteiger partial charge in [0.15, 0.2) is 6.29 Å². The van der Waals surface area contributed by atoms with Gasteiger partial charge in [-0.25, -0.2) is 0 Å². The number of rotatable bonds is 22. The van der Waals surface area contributed by atoms with Crippen molar-refractivity contribution >= 4 is 66.5 Å². The van der Waals surface area contributed by atoms with E-state index in [2.05, 4.69) is 115 Å². The van der Waals surface area contributed by atoms with Gasteiger partial charge in [-0.15, -0.1) is 22.7 Å². The van der Waals surface area contributed by atoms with Crippen molar-refractivity contribution in [3.8, 4) is 21.9 Å². The summed E-state index contributed by atoms with van der Waals surface area (Å²) in [5, 5.41) is 0. The summed E-state index contributed by atoms with van der Waals surface area (Å²) in [4.78, 5) is 16.0. The highest BCUT2D eigenvalue weighted by Crippen LogP contribution is 2.44. The summed E-state index contributed by atoms with van der Waals surface area (Å²) < 4.78 is 17.1. The van der Waals surface area contributed by atoms with Gasteiger partial charge in [-0.3, -0.25) is 4.79 Å². The van der Waals surface area contributed by atoms with Crippen molar-refractivity contribution in [1.82, 2.24) is 4.57 Å². The third kappa shape index (κ3) is 9.28. The first-order valence-electron chi connectivity index (χ1n) is 19.5. The normalized spacial score (nSPS) is 11.4. The molecule has 0 amide bonds. The molecule has 0 fully saturated rings. The number of ether oxygens (including phenoxy) is 2. The number of hydrogen-bond donors (Lipinski definition) is 0. The van der Waals surface area contributed by atoms with Gasteiger partial charge in [0, 0.05) is 28.5 Å². The molecule has 5 nitrogen and oxygen atoms in total. The van der Waals surface area contributed by atoms with Crippen molar-refractivity contribution in [2.45, 2.75) is 104 Å². The quantitative estimate of drug-likeness (QED) is 0.0514. The summed E-state index contributed by atoms with van der Waals surface area (Å²) in [6, 6.07) is 30.3. The van der Waals surface area contributed by atoms with Gasteiger partial charge in [-0.1, -0.05) is 90.7 Å². The van der Waals surface area contributed by atoms with Crippen LogP contribution in [0.4, 0.5) is 17.1 Å². The monoisotopic (exact) mass is 734 g/mol. The minimum atomic E-state index is 0.749. The lowest BCUT2D eigenvalue weighted by molar-refractivity contribution is 0.112. The zero-order valence-electron chi connectivity index (χ0n) is 31.2. The molecular weight excluding hydrogens is 681 g/mol. The molecule has 0 saturated heterocycles. The number of nitrogens with zero attached hydrogens (tertiary/aromatic N) is 2. The van der Waals surface area contributed by atoms with Crippen LogP contribution in [0.1, 0.15) is 107 Å². The SMILES string of the molecule is CCCCCCOc1ccc(N(c2ccc(OCCCCCC)cc2)c2ccc(-c3cc4c(s3)c3sc(C=O)cc3n4CCCCCC)cc2)cc1. The fraction of sp³-hybridized carbons (Fsp3) is 0.400. The molecule has 3 aromatic heterocycles. The summed E-state index contributed by atoms with van der Waals surface area (Å²) in [5.74, 6) is 1.81. The Bertz CT molecular complexity index is 1910. The van der Waals surface area contributed by atoms with E-state index in [9.17, 15) is 4.79 Å². The molecule has 3 heterocycles. The third-order valence-electron chi connectivity index (χ3n) is 9.72. The molecule has 6 aromatic rings. The highest BCUT2D eigenvalue weighted by Gasteiger charge is 2.19. The van der Waals surface area contributed by atoms with Crippen LogP contribution in [-0.2, 0) is 6.54 Å². The molecule has 6 rings (SSSR count). The maximum atomic E-state index is 11.7. The van der Waals surface area contributed by atoms with E-state index in [-0.39, 0.29) is 0 Å². The third-order valence-corrected chi connectivity index (χ3v) is 12.1. The number of aldehydes is 1. The Balaban J connectivity index is 1.26. The summed E-state index contributed by atoms with van der Waals surface area (Å²) in [7, 11) is 0. The molecule has 0 N–H and O–H groups in total. The second-order valence-electron chi connectivity index (χ2n) is 13.7. The van der Waals surface area contributed by atoms with E-state index in [1.807, 2.05) is 11.3 Å². The molecular formula is C45H54N2O3S2. The number of thiophene rings is 2. The smallest absolute Gasteiger partial charge is 0.160 e. The minimum absolute atomic E-state index is 0.749. The molecule has 7 heteroatoms. The van der Waals surface area contributed by atoms with Crippen LogP contribution in [0.15, 0.2) is 84.9 Å². The number of anilines is 3. The van der Waals surface area contributed by atoms with Crippen LogP contribution in [0.5, 0.6) is 11.5 Å². The van der Waals surface area contributed by atoms with Crippen molar-refractivity contribution < 1.29 is 14.3 Å². The Morgan fingerprint density at radius 2 is 1.06 bits per heavy atom. The van der Waals surface area contributed by atoms with Crippen LogP contribution in [-0.4, -0.2) is 24.1 Å². The molecule has 0 saturated carbocycles. The van der Waals surface area contributed by atoms with Gasteiger partial charge in [-0.2, -0.15) is 0 Å². The molecule has 0 atom stereocenters. The second-order valence-corrected chi connectivity index (χ2v) is 15.8. The van der Waals surface area contributed by atoms with Crippen LogP contribution in [0.25, 0.3) is 30.9 Å². The van der Waals surface area contributed by atoms with Crippen molar-refractivity contribution in [2.75, 3.05) is 18.1 Å². The van der Waals surface area contributed by atoms with Gasteiger partial charge < -0.3 is 18.9 Å². The first-order chi connectivity index (χ1) is 25.6. The van der Waals surface area contributed by atoms with E-state index in [1.54, 1.807) is 11.3 Å². The molecule has 3 aromatic carbocycles. The summed E-state index contributed by atoms with van der Waals surface area (Å²) in [6.45, 7) is 9.19. The first-order valence-corrected chi connectivity index (χ1v) is 21.1. The van der Waals surface area contributed by atoms with E-state index < -0.39 is 0 Å². The van der Waals surface area contributed by atoms with Crippen molar-refractivity contribution in [1.29, 1.82) is 0 Å². The first kappa shape index (κ1) is 37.7. The molecule has 0 unspecified atom stereocenters. The van der Waals surface area contributed by atoms with E-state index in [1.165, 1.54) is 88.7 Å². The molecule has 0 aliphatic carbocycles. The van der Waals surface area contributed by atoms with Crippen LogP contribution >= 0.6 is 22.7 Å². The molecule has 0 radical (unpaired) electrons. The van der Waals surface area contributed by atoms with Gasteiger partial charge >= 0.3 is 0 Å². The average Bonchev–Trinajstić information content (AvgIpc) is 3.87. The lowest BCUT2D eigenvalue weighted by atomic mass is 10.1. The van der Waals surface area contributed by atoms with Gasteiger partial charge in [0.1, 0.15) is 11.5 Å². The fourth-order valence-electron chi connectivity index (χ4n) is 6.82. The summed E-state index contributed by atoms with van der Waals surface area (Å²) >= 11 is 3.45. The Labute approximate surface area is 318 Å². The number of hydrogen-bond acceptors (Lipinski definition) is 6. The zero-order chi connectivity index (χ0) is 36.1. The maximum absolute atomic E-state index is 11.7. The number of unbranched alkanes of at least 4 members (excludes halogenated alkanes) is 9. The number of aromatic nitrogens is 1. The standard InChI is InChI=1S/C45H54N2O3S2/c1-4-7-10-13-28-46-41-31-40(33-48)51-44(41)45-42(46)32-43(52-45)34-16-18-35(19-17-34)47(36-20-24-38(25-21-36)49-29-14-11-8-5-2)37-22-26-39(27-23-37)50-30-15-12-9-6-3/h16-27,31-33H,4-15,28-30H2,1-3H3. The lowest BCUT2D eigenvalue weighted by Gasteiger charge is -2.26. The topological polar surface area (TPSA) is 43.7 Å². The largest absolute Gasteiger partial charge is 0.494 e. The van der Waals surface area contributed by atoms with Crippen LogP contribution < -0.4 is 14.4 Å². The molecule has 274 valence electrons. The van der Waals surface area contributed by atoms with Gasteiger partial charge in [0.05, 0.1) is 38.5 Å². The Morgan fingerprint density at radius 1 is 0.577 bits per heavy atom. The maximum Gasteiger partial charge on any atom is 0.160 e. The molecule has 0 aliphatic heterocycles. The number of fused-ring (bicyclic) bond motifs is 3. The predicted octanol–water partition coefficient (Wildman–Crippen LogP) is 14.4. The predicted molar refractivity (Wildman–Crippen MR) is 224 cm³/mol. The number of benzene rings is 3. The van der Waals surface area contributed by atoms with E-state index >= 15 is 0 Å². The van der Waals surface area contributed by atoms with E-state index in [0.717, 1.165) is 78.7 Å². The minimum Gasteiger partial charge on any atom is -0.494 e. The van der Waals surface area contributed by atoms with Crippen molar-refractivity contribution in [2.24, 2.45) is 0 Å². The van der Waals surface area contributed by atoms with Gasteiger partial charge in [0.2, 0.25) is 0 Å². The average molecular weight is 735 g/mol. The molecule has 0 bridgehead atoms. The molecule has 52 heavy (non-hydrogen) atoms. The van der Waals surface area contributed by atoms with E-state index in [4.69, 9.17) is 9.47 Å². The Hall–Kier alpha value is -4.07. The van der Waals surface area contributed by atoms with Crippen LogP contribution in [0, 0.1) is 0 Å². The lowest BCUT2D eigenvalue weighted by Crippen LogP contribution is -2.10. The number of carbonyl (C=O) groups excluding carboxylic acids is 1. The highest BCUT2D eigenvalue weighted by atomic mass is 32.1. The van der Waals surface area contributed by atoms with Gasteiger partial charge in [-0.05, 0) is 97.6 Å². The Morgan fingerprint density at radius 3 is 1.58 bits per heavy atom. The van der Waals surface area contributed by atoms with Crippen molar-refractivity contribution in [3.05, 3.63) is 89.8 Å². The van der Waals surface area contributed by atoms with Crippen LogP contribution in [0.3, 0.4) is 0 Å². The summed E-state index contributed by atoms with van der Waals surface area (Å²) in [5.41, 5.74) is 6.91. The Kier molecular flexibility index (Phi) is 13.9.